The largest absolute Gasteiger partial charge is 0.481 e. The van der Waals surface area contributed by atoms with Crippen LogP contribution in [0.1, 0.15) is 56.2 Å². The Labute approximate surface area is 259 Å². The Morgan fingerprint density at radius 3 is 2.21 bits per heavy atom. The van der Waals surface area contributed by atoms with Gasteiger partial charge in [-0.25, -0.2) is 0 Å². The Balaban J connectivity index is 1.52. The molecule has 0 spiro atoms. The maximum Gasteiger partial charge on any atom is 0.307 e. The van der Waals surface area contributed by atoms with E-state index >= 15 is 0 Å². The summed E-state index contributed by atoms with van der Waals surface area (Å²) < 4.78 is 0. The number of carbonyl (C=O) groups excluding carboxylic acids is 2. The Kier molecular flexibility index (Phi) is 9.46. The van der Waals surface area contributed by atoms with E-state index in [0.29, 0.717) is 45.3 Å². The van der Waals surface area contributed by atoms with Crippen molar-refractivity contribution < 1.29 is 24.6 Å². The van der Waals surface area contributed by atoms with Crippen LogP contribution in [0.5, 0.6) is 0 Å². The molecule has 0 bridgehead atoms. The van der Waals surface area contributed by atoms with E-state index in [2.05, 4.69) is 5.32 Å². The highest BCUT2D eigenvalue weighted by Crippen LogP contribution is 2.48. The Morgan fingerprint density at radius 2 is 1.53 bits per heavy atom. The molecule has 5 rings (SSSR count). The van der Waals surface area contributed by atoms with Gasteiger partial charge in [0, 0.05) is 22.2 Å². The predicted molar refractivity (Wildman–Crippen MR) is 165 cm³/mol. The molecule has 0 radical (unpaired) electrons. The molecule has 9 heteroatoms. The fraction of sp³-hybridized carbons (Fsp3) is 0.206. The summed E-state index contributed by atoms with van der Waals surface area (Å²) >= 11 is 13.0. The number of nitrogens with one attached hydrogen (secondary N) is 1. The predicted octanol–water partition coefficient (Wildman–Crippen LogP) is 5.99. The number of rotatable bonds is 10. The third kappa shape index (κ3) is 6.59. The van der Waals surface area contributed by atoms with Gasteiger partial charge < -0.3 is 20.4 Å². The van der Waals surface area contributed by atoms with Gasteiger partial charge in [-0.05, 0) is 52.4 Å². The van der Waals surface area contributed by atoms with E-state index in [9.17, 15) is 19.5 Å². The molecule has 0 aliphatic carbocycles. The number of carboxylic acid groups (broad SMARTS) is 1. The van der Waals surface area contributed by atoms with Crippen molar-refractivity contribution in [2.75, 3.05) is 13.2 Å². The molecule has 0 aromatic heterocycles. The van der Waals surface area contributed by atoms with E-state index in [-0.39, 0.29) is 24.8 Å². The number of aliphatic hydroxyl groups is 1. The highest BCUT2D eigenvalue weighted by Gasteiger charge is 2.47. The first-order valence-corrected chi connectivity index (χ1v) is 14.6. The van der Waals surface area contributed by atoms with Crippen LogP contribution >= 0.6 is 23.2 Å². The summed E-state index contributed by atoms with van der Waals surface area (Å²) in [6, 6.07) is 26.8. The standard InChI is InChI=1S/C34H30Cl2N2O5/c35-24-14-15-27(28(36)19-24)32-31(33(42)37-17-16-21-10-12-22(13-11-21)18-30(40)41)25-8-4-5-9-26(25)34(43)38(32)29(20-39)23-6-2-1-3-7-23/h1-15,19,29,31-32,39H,16-18,20H2,(H,37,42)(H,40,41)/t29-,31+,32-/m1/s1. The number of carbonyl (C=O) groups is 3. The highest BCUT2D eigenvalue weighted by atomic mass is 35.5. The van der Waals surface area contributed by atoms with Crippen molar-refractivity contribution in [3.8, 4) is 0 Å². The zero-order valence-electron chi connectivity index (χ0n) is 23.1. The molecule has 0 unspecified atom stereocenters. The van der Waals surface area contributed by atoms with E-state index in [1.807, 2.05) is 42.5 Å². The monoisotopic (exact) mass is 616 g/mol. The molecule has 7 nitrogen and oxygen atoms in total. The van der Waals surface area contributed by atoms with Gasteiger partial charge in [-0.2, -0.15) is 0 Å². The molecule has 43 heavy (non-hydrogen) atoms. The summed E-state index contributed by atoms with van der Waals surface area (Å²) in [5, 5.41) is 23.4. The van der Waals surface area contributed by atoms with E-state index in [1.165, 1.54) is 0 Å². The minimum atomic E-state index is -0.897. The van der Waals surface area contributed by atoms with Gasteiger partial charge in [-0.15, -0.1) is 0 Å². The molecule has 4 aromatic rings. The highest BCUT2D eigenvalue weighted by molar-refractivity contribution is 6.35. The second-order valence-corrected chi connectivity index (χ2v) is 11.3. The average molecular weight is 618 g/mol. The van der Waals surface area contributed by atoms with Crippen LogP contribution in [-0.2, 0) is 22.4 Å². The summed E-state index contributed by atoms with van der Waals surface area (Å²) in [7, 11) is 0. The third-order valence-corrected chi connectivity index (χ3v) is 8.29. The van der Waals surface area contributed by atoms with Crippen molar-refractivity contribution in [3.05, 3.63) is 140 Å². The molecular formula is C34H30Cl2N2O5. The second-order valence-electron chi connectivity index (χ2n) is 10.4. The maximum atomic E-state index is 14.2. The van der Waals surface area contributed by atoms with Gasteiger partial charge in [0.15, 0.2) is 0 Å². The SMILES string of the molecule is O=C(O)Cc1ccc(CCNC(=O)[C@H]2c3ccccc3C(=O)N([C@H](CO)c3ccccc3)[C@@H]2c2ccc(Cl)cc2Cl)cc1. The summed E-state index contributed by atoms with van der Waals surface area (Å²) in [5.74, 6) is -2.36. The van der Waals surface area contributed by atoms with Gasteiger partial charge in [0.05, 0.1) is 31.0 Å². The molecule has 4 aromatic carbocycles. The second kappa shape index (κ2) is 13.4. The van der Waals surface area contributed by atoms with Gasteiger partial charge >= 0.3 is 5.97 Å². The van der Waals surface area contributed by atoms with Crippen LogP contribution < -0.4 is 5.32 Å². The summed E-state index contributed by atoms with van der Waals surface area (Å²) in [6.45, 7) is -0.0568. The summed E-state index contributed by atoms with van der Waals surface area (Å²) in [4.78, 5) is 40.9. The zero-order valence-corrected chi connectivity index (χ0v) is 24.6. The number of aliphatic carboxylic acids is 1. The normalized spacial score (nSPS) is 16.8. The van der Waals surface area contributed by atoms with Crippen LogP contribution in [0.3, 0.4) is 0 Å². The van der Waals surface area contributed by atoms with Crippen molar-refractivity contribution in [1.82, 2.24) is 10.2 Å². The molecule has 0 fully saturated rings. The first-order valence-electron chi connectivity index (χ1n) is 13.9. The fourth-order valence-electron chi connectivity index (χ4n) is 5.72. The van der Waals surface area contributed by atoms with Crippen LogP contribution in [0.4, 0.5) is 0 Å². The quantitative estimate of drug-likeness (QED) is 0.203. The smallest absolute Gasteiger partial charge is 0.307 e. The number of carboxylic acids is 1. The first kappa shape index (κ1) is 30.3. The van der Waals surface area contributed by atoms with Crippen molar-refractivity contribution in [1.29, 1.82) is 0 Å². The number of benzene rings is 4. The molecule has 1 aliphatic rings. The van der Waals surface area contributed by atoms with Gasteiger partial charge in [-0.3, -0.25) is 14.4 Å². The lowest BCUT2D eigenvalue weighted by molar-refractivity contribution is -0.136. The molecule has 3 N–H and O–H groups in total. The minimum absolute atomic E-state index is 0.0558. The average Bonchev–Trinajstić information content (AvgIpc) is 3.00. The van der Waals surface area contributed by atoms with E-state index < -0.39 is 24.0 Å². The molecule has 3 atom stereocenters. The summed E-state index contributed by atoms with van der Waals surface area (Å²) in [6.07, 6.45) is 0.464. The zero-order chi connectivity index (χ0) is 30.5. The van der Waals surface area contributed by atoms with E-state index in [0.717, 1.165) is 11.1 Å². The van der Waals surface area contributed by atoms with E-state index in [1.54, 1.807) is 59.5 Å². The lowest BCUT2D eigenvalue weighted by atomic mass is 9.78. The van der Waals surface area contributed by atoms with Crippen molar-refractivity contribution >= 4 is 41.0 Å². The lowest BCUT2D eigenvalue weighted by Crippen LogP contribution is -2.49. The maximum absolute atomic E-state index is 14.2. The Bertz CT molecular complexity index is 1630. The number of nitrogens with zero attached hydrogens (tertiary/aromatic N) is 1. The molecule has 1 aliphatic heterocycles. The van der Waals surface area contributed by atoms with Crippen LogP contribution in [0, 0.1) is 0 Å². The Hall–Kier alpha value is -4.17. The first-order chi connectivity index (χ1) is 20.8. The number of amides is 2. The molecular weight excluding hydrogens is 587 g/mol. The molecule has 2 amide bonds. The number of halogens is 2. The van der Waals surface area contributed by atoms with Crippen LogP contribution in [0.25, 0.3) is 0 Å². The number of fused-ring (bicyclic) bond motifs is 1. The number of hydrogen-bond donors (Lipinski definition) is 3. The van der Waals surface area contributed by atoms with Crippen LogP contribution in [0.15, 0.2) is 97.1 Å². The van der Waals surface area contributed by atoms with Crippen molar-refractivity contribution in [2.45, 2.75) is 30.8 Å². The lowest BCUT2D eigenvalue weighted by Gasteiger charge is -2.45. The van der Waals surface area contributed by atoms with Gasteiger partial charge in [0.1, 0.15) is 0 Å². The van der Waals surface area contributed by atoms with Gasteiger partial charge in [-0.1, -0.05) is 102 Å². The minimum Gasteiger partial charge on any atom is -0.481 e. The molecule has 1 heterocycles. The van der Waals surface area contributed by atoms with Gasteiger partial charge in [0.25, 0.3) is 5.91 Å². The Morgan fingerprint density at radius 1 is 0.860 bits per heavy atom. The van der Waals surface area contributed by atoms with E-state index in [4.69, 9.17) is 28.3 Å². The third-order valence-electron chi connectivity index (χ3n) is 7.72. The van der Waals surface area contributed by atoms with Gasteiger partial charge in [0.2, 0.25) is 5.91 Å². The fourth-order valence-corrected chi connectivity index (χ4v) is 6.24. The topological polar surface area (TPSA) is 107 Å². The summed E-state index contributed by atoms with van der Waals surface area (Å²) in [5.41, 5.74) is 3.85. The molecule has 0 saturated heterocycles. The van der Waals surface area contributed by atoms with Crippen molar-refractivity contribution in [3.63, 3.8) is 0 Å². The van der Waals surface area contributed by atoms with Crippen LogP contribution in [-0.4, -0.2) is 46.0 Å². The van der Waals surface area contributed by atoms with Crippen molar-refractivity contribution in [2.24, 2.45) is 0 Å². The molecule has 0 saturated carbocycles. The van der Waals surface area contributed by atoms with Crippen LogP contribution in [0.2, 0.25) is 10.0 Å². The number of aliphatic hydroxyl groups excluding tert-OH is 1. The molecule has 220 valence electrons. The number of hydrogen-bond acceptors (Lipinski definition) is 4.